The van der Waals surface area contributed by atoms with Crippen molar-refractivity contribution in [2.75, 3.05) is 7.11 Å². The Morgan fingerprint density at radius 1 is 1.33 bits per heavy atom. The van der Waals surface area contributed by atoms with Crippen molar-refractivity contribution in [3.63, 3.8) is 0 Å². The Bertz CT molecular complexity index is 1090. The lowest BCUT2D eigenvalue weighted by atomic mass is 9.91. The molecule has 1 unspecified atom stereocenters. The zero-order chi connectivity index (χ0) is 19.0. The summed E-state index contributed by atoms with van der Waals surface area (Å²) in [5.74, 6) is 0.535. The van der Waals surface area contributed by atoms with Gasteiger partial charge >= 0.3 is 6.09 Å². The van der Waals surface area contributed by atoms with Gasteiger partial charge < -0.3 is 20.1 Å². The third kappa shape index (κ3) is 3.31. The summed E-state index contributed by atoms with van der Waals surface area (Å²) >= 11 is 0. The molecule has 0 aliphatic heterocycles. The number of amides is 1. The molecule has 1 aliphatic rings. The fraction of sp³-hybridized carbons (Fsp3) is 0.278. The Kier molecular flexibility index (Phi) is 4.19. The number of aromatic nitrogens is 4. The van der Waals surface area contributed by atoms with E-state index in [0.717, 1.165) is 11.3 Å². The molecule has 1 amide bonds. The Labute approximate surface area is 153 Å². The number of carboxylic acid groups (broad SMARTS) is 1. The highest BCUT2D eigenvalue weighted by Crippen LogP contribution is 2.24. The number of pyridine rings is 2. The Morgan fingerprint density at radius 3 is 2.96 bits per heavy atom. The van der Waals surface area contributed by atoms with E-state index in [1.807, 2.05) is 6.07 Å². The summed E-state index contributed by atoms with van der Waals surface area (Å²) in [5.41, 5.74) is 3.27. The maximum Gasteiger partial charge on any atom is 0.404 e. The molecule has 0 radical (unpaired) electrons. The normalized spacial score (nSPS) is 16.0. The van der Waals surface area contributed by atoms with Crippen LogP contribution in [0.4, 0.5) is 4.79 Å². The van der Waals surface area contributed by atoms with Crippen LogP contribution in [0.3, 0.4) is 0 Å². The summed E-state index contributed by atoms with van der Waals surface area (Å²) in [4.78, 5) is 39.1. The highest BCUT2D eigenvalue weighted by Gasteiger charge is 2.22. The van der Waals surface area contributed by atoms with E-state index >= 15 is 0 Å². The van der Waals surface area contributed by atoms with Crippen LogP contribution in [-0.4, -0.2) is 44.3 Å². The number of nitrogens with zero attached hydrogens (tertiary/aromatic N) is 3. The van der Waals surface area contributed by atoms with Gasteiger partial charge in [-0.3, -0.25) is 9.78 Å². The molecule has 1 aliphatic carbocycles. The van der Waals surface area contributed by atoms with Crippen LogP contribution in [0.2, 0.25) is 0 Å². The van der Waals surface area contributed by atoms with Gasteiger partial charge in [-0.25, -0.2) is 14.8 Å². The van der Waals surface area contributed by atoms with Crippen LogP contribution >= 0.6 is 0 Å². The van der Waals surface area contributed by atoms with Crippen molar-refractivity contribution in [3.05, 3.63) is 46.1 Å². The lowest BCUT2D eigenvalue weighted by Gasteiger charge is -2.23. The minimum atomic E-state index is -1.03. The Hall–Kier alpha value is -3.49. The molecular formula is C18H17N5O4. The van der Waals surface area contributed by atoms with Crippen molar-refractivity contribution in [2.45, 2.75) is 25.3 Å². The SMILES string of the molecule is COc1cnc2nc(-c3cnc4c(c3)CCC(NC(=O)O)C4)c(=O)[nH]c2c1. The van der Waals surface area contributed by atoms with Crippen molar-refractivity contribution in [1.82, 2.24) is 25.3 Å². The number of hydrogen-bond donors (Lipinski definition) is 3. The minimum absolute atomic E-state index is 0.144. The van der Waals surface area contributed by atoms with Gasteiger partial charge in [0, 0.05) is 36.0 Å². The van der Waals surface area contributed by atoms with Crippen LogP contribution in [0, 0.1) is 0 Å². The molecule has 0 aromatic carbocycles. The van der Waals surface area contributed by atoms with Crippen LogP contribution in [0.5, 0.6) is 5.75 Å². The van der Waals surface area contributed by atoms with Crippen molar-refractivity contribution < 1.29 is 14.6 Å². The number of H-pyrrole nitrogens is 1. The second kappa shape index (κ2) is 6.67. The Balaban J connectivity index is 1.69. The van der Waals surface area contributed by atoms with Gasteiger partial charge in [0.1, 0.15) is 11.4 Å². The van der Waals surface area contributed by atoms with E-state index < -0.39 is 6.09 Å². The van der Waals surface area contributed by atoms with E-state index in [4.69, 9.17) is 9.84 Å². The van der Waals surface area contributed by atoms with Gasteiger partial charge in [0.05, 0.1) is 18.8 Å². The molecule has 3 aromatic rings. The number of rotatable bonds is 3. The average Bonchev–Trinajstić information content (AvgIpc) is 2.66. The molecule has 0 saturated heterocycles. The Morgan fingerprint density at radius 2 is 2.19 bits per heavy atom. The topological polar surface area (TPSA) is 130 Å². The largest absolute Gasteiger partial charge is 0.495 e. The number of carbonyl (C=O) groups is 1. The van der Waals surface area contributed by atoms with Crippen LogP contribution in [0.15, 0.2) is 29.3 Å². The fourth-order valence-corrected chi connectivity index (χ4v) is 3.30. The summed E-state index contributed by atoms with van der Waals surface area (Å²) in [5, 5.41) is 11.4. The third-order valence-electron chi connectivity index (χ3n) is 4.62. The first kappa shape index (κ1) is 17.0. The van der Waals surface area contributed by atoms with Gasteiger partial charge in [0.15, 0.2) is 5.65 Å². The molecule has 3 aromatic heterocycles. The van der Waals surface area contributed by atoms with Gasteiger partial charge in [-0.15, -0.1) is 0 Å². The third-order valence-corrected chi connectivity index (χ3v) is 4.62. The van der Waals surface area contributed by atoms with E-state index in [-0.39, 0.29) is 17.3 Å². The number of aryl methyl sites for hydroxylation is 1. The predicted octanol–water partition coefficient (Wildman–Crippen LogP) is 1.51. The van der Waals surface area contributed by atoms with Crippen LogP contribution in [-0.2, 0) is 12.8 Å². The molecule has 27 heavy (non-hydrogen) atoms. The van der Waals surface area contributed by atoms with E-state index in [9.17, 15) is 9.59 Å². The summed E-state index contributed by atoms with van der Waals surface area (Å²) in [6.07, 6.45) is 4.00. The number of methoxy groups -OCH3 is 1. The standard InChI is InChI=1S/C18H17N5O4/c1-27-12-6-14-16(20-8-12)23-15(17(24)22-14)10-4-9-2-3-11(21-18(25)26)5-13(9)19-7-10/h4,6-8,11,21H,2-3,5H2,1H3,(H,22,24)(H,25,26). The number of nitrogens with one attached hydrogen (secondary N) is 2. The highest BCUT2D eigenvalue weighted by atomic mass is 16.5. The molecule has 9 nitrogen and oxygen atoms in total. The second-order valence-electron chi connectivity index (χ2n) is 6.38. The van der Waals surface area contributed by atoms with E-state index in [2.05, 4.69) is 25.3 Å². The first-order valence-corrected chi connectivity index (χ1v) is 8.45. The molecule has 0 saturated carbocycles. The molecular weight excluding hydrogens is 350 g/mol. The van der Waals surface area contributed by atoms with Crippen LogP contribution in [0.1, 0.15) is 17.7 Å². The summed E-state index contributed by atoms with van der Waals surface area (Å²) in [6.45, 7) is 0. The average molecular weight is 367 g/mol. The van der Waals surface area contributed by atoms with Gasteiger partial charge in [-0.05, 0) is 24.5 Å². The molecule has 3 N–H and O–H groups in total. The lowest BCUT2D eigenvalue weighted by molar-refractivity contribution is 0.188. The number of fused-ring (bicyclic) bond motifs is 2. The summed E-state index contributed by atoms with van der Waals surface area (Å²) < 4.78 is 5.11. The zero-order valence-corrected chi connectivity index (χ0v) is 14.5. The number of ether oxygens (including phenoxy) is 1. The number of hydrogen-bond acceptors (Lipinski definition) is 6. The summed E-state index contributed by atoms with van der Waals surface area (Å²) in [7, 11) is 1.53. The van der Waals surface area contributed by atoms with Crippen molar-refractivity contribution in [3.8, 4) is 17.0 Å². The minimum Gasteiger partial charge on any atom is -0.495 e. The van der Waals surface area contributed by atoms with Crippen LogP contribution in [0.25, 0.3) is 22.4 Å². The molecule has 4 rings (SSSR count). The van der Waals surface area contributed by atoms with Crippen molar-refractivity contribution in [2.24, 2.45) is 0 Å². The van der Waals surface area contributed by atoms with E-state index in [1.165, 1.54) is 13.3 Å². The lowest BCUT2D eigenvalue weighted by Crippen LogP contribution is -2.38. The molecule has 3 heterocycles. The van der Waals surface area contributed by atoms with E-state index in [1.54, 1.807) is 12.3 Å². The first-order valence-electron chi connectivity index (χ1n) is 8.45. The van der Waals surface area contributed by atoms with Gasteiger partial charge in [-0.2, -0.15) is 0 Å². The van der Waals surface area contributed by atoms with Crippen LogP contribution < -0.4 is 15.6 Å². The van der Waals surface area contributed by atoms with Crippen molar-refractivity contribution in [1.29, 1.82) is 0 Å². The quantitative estimate of drug-likeness (QED) is 0.640. The predicted molar refractivity (Wildman–Crippen MR) is 96.9 cm³/mol. The first-order chi connectivity index (χ1) is 13.0. The second-order valence-corrected chi connectivity index (χ2v) is 6.38. The zero-order valence-electron chi connectivity index (χ0n) is 14.5. The molecule has 0 bridgehead atoms. The van der Waals surface area contributed by atoms with E-state index in [0.29, 0.717) is 41.7 Å². The van der Waals surface area contributed by atoms with Gasteiger partial charge in [-0.1, -0.05) is 0 Å². The maximum absolute atomic E-state index is 12.5. The number of aromatic amines is 1. The fourth-order valence-electron chi connectivity index (χ4n) is 3.30. The highest BCUT2D eigenvalue weighted by molar-refractivity contribution is 5.74. The van der Waals surface area contributed by atoms with Crippen molar-refractivity contribution >= 4 is 17.3 Å². The summed E-state index contributed by atoms with van der Waals surface area (Å²) in [6, 6.07) is 3.42. The maximum atomic E-state index is 12.5. The molecule has 138 valence electrons. The molecule has 1 atom stereocenters. The molecule has 9 heteroatoms. The molecule has 0 spiro atoms. The monoisotopic (exact) mass is 367 g/mol. The van der Waals surface area contributed by atoms with Gasteiger partial charge in [0.2, 0.25) is 0 Å². The smallest absolute Gasteiger partial charge is 0.404 e. The van der Waals surface area contributed by atoms with Gasteiger partial charge in [0.25, 0.3) is 5.56 Å². The molecule has 0 fully saturated rings.